The molecule has 0 bridgehead atoms. The van der Waals surface area contributed by atoms with E-state index in [0.717, 1.165) is 39.1 Å². The minimum Gasteiger partial charge on any atom is -0.378 e. The lowest BCUT2D eigenvalue weighted by Gasteiger charge is -2.35. The third-order valence-corrected chi connectivity index (χ3v) is 3.85. The minimum atomic E-state index is -0.235. The SMILES string of the molecule is CCC1COCCN1CCC(N)c1ccccc1F. The second-order valence-corrected chi connectivity index (χ2v) is 5.09. The van der Waals surface area contributed by atoms with Gasteiger partial charge in [0.1, 0.15) is 5.82 Å². The molecule has 0 spiro atoms. The first-order valence-electron chi connectivity index (χ1n) is 7.04. The van der Waals surface area contributed by atoms with Crippen LogP contribution in [0.15, 0.2) is 24.3 Å². The van der Waals surface area contributed by atoms with Crippen LogP contribution in [0.5, 0.6) is 0 Å². The number of morpholine rings is 1. The van der Waals surface area contributed by atoms with Crippen molar-refractivity contribution < 1.29 is 9.13 Å². The van der Waals surface area contributed by atoms with Crippen LogP contribution in [0.4, 0.5) is 4.39 Å². The zero-order chi connectivity index (χ0) is 13.7. The normalized spacial score (nSPS) is 22.4. The van der Waals surface area contributed by atoms with Gasteiger partial charge in [-0.2, -0.15) is 0 Å². The van der Waals surface area contributed by atoms with Crippen molar-refractivity contribution >= 4 is 0 Å². The Morgan fingerprint density at radius 3 is 3.00 bits per heavy atom. The Morgan fingerprint density at radius 1 is 1.47 bits per heavy atom. The van der Waals surface area contributed by atoms with Crippen molar-refractivity contribution in [3.8, 4) is 0 Å². The Hall–Kier alpha value is -0.970. The number of halogens is 1. The maximum absolute atomic E-state index is 13.6. The highest BCUT2D eigenvalue weighted by Crippen LogP contribution is 2.19. The molecule has 2 unspecified atom stereocenters. The highest BCUT2D eigenvalue weighted by molar-refractivity contribution is 5.20. The molecule has 2 atom stereocenters. The standard InChI is InChI=1S/C15H23FN2O/c1-2-12-11-19-10-9-18(12)8-7-15(17)13-5-3-4-6-14(13)16/h3-6,12,15H,2,7-11,17H2,1H3. The van der Waals surface area contributed by atoms with Crippen molar-refractivity contribution in [2.75, 3.05) is 26.3 Å². The number of ether oxygens (including phenoxy) is 1. The molecular formula is C15H23FN2O. The largest absolute Gasteiger partial charge is 0.378 e. The molecule has 0 saturated carbocycles. The van der Waals surface area contributed by atoms with E-state index in [9.17, 15) is 4.39 Å². The first-order valence-corrected chi connectivity index (χ1v) is 7.04. The maximum atomic E-state index is 13.6. The summed E-state index contributed by atoms with van der Waals surface area (Å²) in [6.07, 6.45) is 1.85. The molecule has 106 valence electrons. The van der Waals surface area contributed by atoms with Gasteiger partial charge in [-0.25, -0.2) is 4.39 Å². The third-order valence-electron chi connectivity index (χ3n) is 3.85. The molecule has 1 saturated heterocycles. The maximum Gasteiger partial charge on any atom is 0.127 e. The van der Waals surface area contributed by atoms with Crippen LogP contribution in [0, 0.1) is 5.82 Å². The van der Waals surface area contributed by atoms with Gasteiger partial charge >= 0.3 is 0 Å². The zero-order valence-electron chi connectivity index (χ0n) is 11.5. The molecular weight excluding hydrogens is 243 g/mol. The summed E-state index contributed by atoms with van der Waals surface area (Å²) in [5.41, 5.74) is 6.72. The molecule has 1 fully saturated rings. The van der Waals surface area contributed by atoms with E-state index in [1.165, 1.54) is 6.07 Å². The van der Waals surface area contributed by atoms with Crippen LogP contribution < -0.4 is 5.73 Å². The third kappa shape index (κ3) is 3.75. The van der Waals surface area contributed by atoms with Crippen LogP contribution in [0.2, 0.25) is 0 Å². The number of nitrogens with zero attached hydrogens (tertiary/aromatic N) is 1. The van der Waals surface area contributed by atoms with E-state index in [2.05, 4.69) is 11.8 Å². The van der Waals surface area contributed by atoms with Gasteiger partial charge < -0.3 is 10.5 Å². The first-order chi connectivity index (χ1) is 9.22. The highest BCUT2D eigenvalue weighted by atomic mass is 19.1. The average molecular weight is 266 g/mol. The molecule has 2 N–H and O–H groups in total. The summed E-state index contributed by atoms with van der Waals surface area (Å²) in [4.78, 5) is 2.41. The predicted molar refractivity (Wildman–Crippen MR) is 74.4 cm³/mol. The molecule has 0 aliphatic carbocycles. The van der Waals surface area contributed by atoms with Crippen LogP contribution >= 0.6 is 0 Å². The van der Waals surface area contributed by atoms with Gasteiger partial charge in [-0.15, -0.1) is 0 Å². The first kappa shape index (κ1) is 14.4. The van der Waals surface area contributed by atoms with Gasteiger partial charge in [0.25, 0.3) is 0 Å². The van der Waals surface area contributed by atoms with E-state index in [1.807, 2.05) is 6.07 Å². The van der Waals surface area contributed by atoms with Crippen LogP contribution in [-0.2, 0) is 4.74 Å². The van der Waals surface area contributed by atoms with E-state index < -0.39 is 0 Å². The van der Waals surface area contributed by atoms with E-state index in [1.54, 1.807) is 12.1 Å². The lowest BCUT2D eigenvalue weighted by molar-refractivity contribution is -0.00967. The fourth-order valence-electron chi connectivity index (χ4n) is 2.60. The molecule has 0 amide bonds. The monoisotopic (exact) mass is 266 g/mol. The number of hydrogen-bond acceptors (Lipinski definition) is 3. The lowest BCUT2D eigenvalue weighted by atomic mass is 10.0. The van der Waals surface area contributed by atoms with Crippen LogP contribution in [-0.4, -0.2) is 37.2 Å². The summed E-state index contributed by atoms with van der Waals surface area (Å²) in [7, 11) is 0. The molecule has 2 rings (SSSR count). The topological polar surface area (TPSA) is 38.5 Å². The van der Waals surface area contributed by atoms with Gasteiger partial charge in [-0.1, -0.05) is 25.1 Å². The fourth-order valence-corrected chi connectivity index (χ4v) is 2.60. The fraction of sp³-hybridized carbons (Fsp3) is 0.600. The molecule has 0 radical (unpaired) electrons. The number of benzene rings is 1. The molecule has 19 heavy (non-hydrogen) atoms. The van der Waals surface area contributed by atoms with E-state index in [-0.39, 0.29) is 11.9 Å². The van der Waals surface area contributed by atoms with Crippen LogP contribution in [0.3, 0.4) is 0 Å². The summed E-state index contributed by atoms with van der Waals surface area (Å²) in [5.74, 6) is -0.205. The number of rotatable bonds is 5. The average Bonchev–Trinajstić information content (AvgIpc) is 2.45. The molecule has 1 heterocycles. The van der Waals surface area contributed by atoms with Gasteiger partial charge in [0, 0.05) is 30.7 Å². The van der Waals surface area contributed by atoms with Crippen LogP contribution in [0.1, 0.15) is 31.4 Å². The van der Waals surface area contributed by atoms with E-state index >= 15 is 0 Å². The van der Waals surface area contributed by atoms with E-state index in [0.29, 0.717) is 11.6 Å². The van der Waals surface area contributed by atoms with Crippen molar-refractivity contribution in [1.29, 1.82) is 0 Å². The lowest BCUT2D eigenvalue weighted by Crippen LogP contribution is -2.45. The van der Waals surface area contributed by atoms with Crippen molar-refractivity contribution in [2.24, 2.45) is 5.73 Å². The molecule has 4 heteroatoms. The molecule has 3 nitrogen and oxygen atoms in total. The summed E-state index contributed by atoms with van der Waals surface area (Å²) in [5, 5.41) is 0. The van der Waals surface area contributed by atoms with Crippen LogP contribution in [0.25, 0.3) is 0 Å². The Balaban J connectivity index is 1.89. The molecule has 0 aromatic heterocycles. The van der Waals surface area contributed by atoms with Gasteiger partial charge in [0.15, 0.2) is 0 Å². The number of nitrogens with two attached hydrogens (primary N) is 1. The Labute approximate surface area is 114 Å². The Bertz CT molecular complexity index is 399. The summed E-state index contributed by atoms with van der Waals surface area (Å²) < 4.78 is 19.1. The highest BCUT2D eigenvalue weighted by Gasteiger charge is 2.22. The second kappa shape index (κ2) is 6.98. The van der Waals surface area contributed by atoms with Gasteiger partial charge in [-0.3, -0.25) is 4.90 Å². The molecule has 1 aromatic rings. The van der Waals surface area contributed by atoms with Crippen molar-refractivity contribution in [2.45, 2.75) is 31.8 Å². The van der Waals surface area contributed by atoms with Gasteiger partial charge in [0.05, 0.1) is 13.2 Å². The molecule has 1 aliphatic rings. The summed E-state index contributed by atoms with van der Waals surface area (Å²) in [6.45, 7) is 5.60. The molecule has 1 aliphatic heterocycles. The Morgan fingerprint density at radius 2 is 2.26 bits per heavy atom. The van der Waals surface area contributed by atoms with Crippen molar-refractivity contribution in [1.82, 2.24) is 4.90 Å². The smallest absolute Gasteiger partial charge is 0.127 e. The number of hydrogen-bond donors (Lipinski definition) is 1. The van der Waals surface area contributed by atoms with Crippen molar-refractivity contribution in [3.63, 3.8) is 0 Å². The minimum absolute atomic E-state index is 0.205. The quantitative estimate of drug-likeness (QED) is 0.889. The Kier molecular flexibility index (Phi) is 5.31. The summed E-state index contributed by atoms with van der Waals surface area (Å²) >= 11 is 0. The summed E-state index contributed by atoms with van der Waals surface area (Å²) in [6, 6.07) is 7.01. The molecule has 1 aromatic carbocycles. The van der Waals surface area contributed by atoms with Crippen molar-refractivity contribution in [3.05, 3.63) is 35.6 Å². The van der Waals surface area contributed by atoms with Gasteiger partial charge in [0.2, 0.25) is 0 Å². The van der Waals surface area contributed by atoms with E-state index in [4.69, 9.17) is 10.5 Å². The predicted octanol–water partition coefficient (Wildman–Crippen LogP) is 2.33. The second-order valence-electron chi connectivity index (χ2n) is 5.09. The van der Waals surface area contributed by atoms with Gasteiger partial charge in [-0.05, 0) is 18.9 Å². The zero-order valence-corrected chi connectivity index (χ0v) is 11.5.